The van der Waals surface area contributed by atoms with Crippen molar-refractivity contribution in [3.8, 4) is 0 Å². The van der Waals surface area contributed by atoms with E-state index in [9.17, 15) is 9.59 Å². The van der Waals surface area contributed by atoms with Crippen LogP contribution in [0.25, 0.3) is 0 Å². The Bertz CT molecular complexity index is 350. The van der Waals surface area contributed by atoms with Crippen LogP contribution in [0.4, 0.5) is 5.69 Å². The first-order valence-corrected chi connectivity index (χ1v) is 3.88. The molecule has 0 saturated heterocycles. The Morgan fingerprint density at radius 3 is 2.07 bits per heavy atom. The van der Waals surface area contributed by atoms with E-state index >= 15 is 0 Å². The standard InChI is InChI=1S/C9H9NO4.ClH/c11-8(12)5-10-7-3-1-6(2-4-7)9(13)14;/h1-4,10H,5H2,(H,11,12)(H,13,14);1H. The molecule has 1 aromatic carbocycles. The average molecular weight is 232 g/mol. The Balaban J connectivity index is 0.00000196. The van der Waals surface area contributed by atoms with Gasteiger partial charge in [-0.15, -0.1) is 12.4 Å². The summed E-state index contributed by atoms with van der Waals surface area (Å²) in [6.07, 6.45) is 0. The van der Waals surface area contributed by atoms with E-state index in [0.717, 1.165) is 0 Å². The van der Waals surface area contributed by atoms with Crippen molar-refractivity contribution < 1.29 is 19.8 Å². The highest BCUT2D eigenvalue weighted by atomic mass is 35.5. The van der Waals surface area contributed by atoms with Crippen molar-refractivity contribution in [1.82, 2.24) is 0 Å². The van der Waals surface area contributed by atoms with Crippen molar-refractivity contribution >= 4 is 30.0 Å². The van der Waals surface area contributed by atoms with Crippen molar-refractivity contribution in [2.45, 2.75) is 0 Å². The first kappa shape index (κ1) is 13.2. The van der Waals surface area contributed by atoms with E-state index in [0.29, 0.717) is 5.69 Å². The number of hydrogen-bond donors (Lipinski definition) is 3. The summed E-state index contributed by atoms with van der Waals surface area (Å²) in [6.45, 7) is -0.188. The van der Waals surface area contributed by atoms with Crippen molar-refractivity contribution in [2.75, 3.05) is 11.9 Å². The van der Waals surface area contributed by atoms with Crippen molar-refractivity contribution in [3.63, 3.8) is 0 Å². The fraction of sp³-hybridized carbons (Fsp3) is 0.111. The minimum atomic E-state index is -1.00. The Hall–Kier alpha value is -1.75. The van der Waals surface area contributed by atoms with Gasteiger partial charge in [-0.25, -0.2) is 4.79 Å². The minimum Gasteiger partial charge on any atom is -0.480 e. The Kier molecular flexibility index (Phi) is 5.19. The molecule has 0 amide bonds. The molecule has 0 heterocycles. The number of carboxylic acids is 2. The lowest BCUT2D eigenvalue weighted by Crippen LogP contribution is -2.12. The normalized spacial score (nSPS) is 8.80. The van der Waals surface area contributed by atoms with Crippen molar-refractivity contribution in [2.24, 2.45) is 0 Å². The number of benzene rings is 1. The van der Waals surface area contributed by atoms with Gasteiger partial charge in [-0.2, -0.15) is 0 Å². The van der Waals surface area contributed by atoms with Gasteiger partial charge >= 0.3 is 11.9 Å². The van der Waals surface area contributed by atoms with E-state index < -0.39 is 11.9 Å². The minimum absolute atomic E-state index is 0. The first-order chi connectivity index (χ1) is 6.59. The largest absolute Gasteiger partial charge is 0.480 e. The van der Waals surface area contributed by atoms with Gasteiger partial charge in [-0.05, 0) is 24.3 Å². The van der Waals surface area contributed by atoms with Gasteiger partial charge in [-0.1, -0.05) is 0 Å². The molecular formula is C9H10ClNO4. The van der Waals surface area contributed by atoms with Crippen LogP contribution in [0.3, 0.4) is 0 Å². The Morgan fingerprint density at radius 2 is 1.67 bits per heavy atom. The predicted molar refractivity (Wildman–Crippen MR) is 56.8 cm³/mol. The molecule has 0 saturated carbocycles. The van der Waals surface area contributed by atoms with Gasteiger partial charge in [0.25, 0.3) is 0 Å². The zero-order chi connectivity index (χ0) is 10.6. The third-order valence-corrected chi connectivity index (χ3v) is 1.58. The molecule has 0 aliphatic carbocycles. The molecule has 1 rings (SSSR count). The third kappa shape index (κ3) is 4.33. The van der Waals surface area contributed by atoms with Crippen molar-refractivity contribution in [3.05, 3.63) is 29.8 Å². The zero-order valence-corrected chi connectivity index (χ0v) is 8.45. The van der Waals surface area contributed by atoms with Crippen LogP contribution >= 0.6 is 12.4 Å². The highest BCUT2D eigenvalue weighted by Gasteiger charge is 2.01. The SMILES string of the molecule is Cl.O=C(O)CNc1ccc(C(=O)O)cc1. The second kappa shape index (κ2) is 5.87. The van der Waals surface area contributed by atoms with Crippen LogP contribution in [0.5, 0.6) is 0 Å². The molecule has 0 unspecified atom stereocenters. The lowest BCUT2D eigenvalue weighted by atomic mass is 10.2. The maximum Gasteiger partial charge on any atom is 0.335 e. The summed E-state index contributed by atoms with van der Waals surface area (Å²) >= 11 is 0. The first-order valence-electron chi connectivity index (χ1n) is 3.88. The molecule has 0 aliphatic heterocycles. The number of rotatable bonds is 4. The van der Waals surface area contributed by atoms with Crippen LogP contribution < -0.4 is 5.32 Å². The highest BCUT2D eigenvalue weighted by Crippen LogP contribution is 2.08. The fourth-order valence-electron chi connectivity index (χ4n) is 0.908. The number of halogens is 1. The number of anilines is 1. The second-order valence-corrected chi connectivity index (χ2v) is 2.63. The van der Waals surface area contributed by atoms with Crippen LogP contribution in [-0.2, 0) is 4.79 Å². The van der Waals surface area contributed by atoms with Crippen LogP contribution in [0.2, 0.25) is 0 Å². The van der Waals surface area contributed by atoms with Gasteiger partial charge in [0.2, 0.25) is 0 Å². The number of carbonyl (C=O) groups is 2. The van der Waals surface area contributed by atoms with Gasteiger partial charge in [0, 0.05) is 5.69 Å². The molecule has 6 heteroatoms. The highest BCUT2D eigenvalue weighted by molar-refractivity contribution is 5.88. The summed E-state index contributed by atoms with van der Waals surface area (Å²) in [5.41, 5.74) is 0.753. The molecule has 0 atom stereocenters. The molecule has 0 aliphatic rings. The molecule has 1 aromatic rings. The van der Waals surface area contributed by atoms with E-state index in [4.69, 9.17) is 10.2 Å². The second-order valence-electron chi connectivity index (χ2n) is 2.63. The van der Waals surface area contributed by atoms with E-state index in [1.807, 2.05) is 0 Å². The van der Waals surface area contributed by atoms with Gasteiger partial charge in [0.05, 0.1) is 5.56 Å². The molecule has 5 nitrogen and oxygen atoms in total. The number of carboxylic acid groups (broad SMARTS) is 2. The van der Waals surface area contributed by atoms with Crippen LogP contribution in [-0.4, -0.2) is 28.7 Å². The van der Waals surface area contributed by atoms with Crippen LogP contribution in [0.15, 0.2) is 24.3 Å². The van der Waals surface area contributed by atoms with E-state index in [-0.39, 0.29) is 24.5 Å². The van der Waals surface area contributed by atoms with Gasteiger partial charge in [-0.3, -0.25) is 4.79 Å². The fourth-order valence-corrected chi connectivity index (χ4v) is 0.908. The van der Waals surface area contributed by atoms with Crippen LogP contribution in [0, 0.1) is 0 Å². The smallest absolute Gasteiger partial charge is 0.335 e. The van der Waals surface area contributed by atoms with Crippen molar-refractivity contribution in [1.29, 1.82) is 0 Å². The lowest BCUT2D eigenvalue weighted by Gasteiger charge is -2.02. The number of nitrogens with one attached hydrogen (secondary N) is 1. The summed E-state index contributed by atoms with van der Waals surface area (Å²) in [7, 11) is 0. The third-order valence-electron chi connectivity index (χ3n) is 1.58. The molecule has 0 fully saturated rings. The molecule has 0 bridgehead atoms. The summed E-state index contributed by atoms with van der Waals surface area (Å²) in [5.74, 6) is -1.97. The molecule has 15 heavy (non-hydrogen) atoms. The van der Waals surface area contributed by atoms with E-state index in [1.165, 1.54) is 24.3 Å². The maximum absolute atomic E-state index is 10.5. The topological polar surface area (TPSA) is 86.6 Å². The van der Waals surface area contributed by atoms with E-state index in [2.05, 4.69) is 5.32 Å². The maximum atomic E-state index is 10.5. The van der Waals surface area contributed by atoms with Gasteiger partial charge < -0.3 is 15.5 Å². The molecule has 3 N–H and O–H groups in total. The Labute approximate surface area is 92.1 Å². The average Bonchev–Trinajstić information content (AvgIpc) is 2.15. The monoisotopic (exact) mass is 231 g/mol. The summed E-state index contributed by atoms with van der Waals surface area (Å²) < 4.78 is 0. The summed E-state index contributed by atoms with van der Waals surface area (Å²) in [4.78, 5) is 20.7. The molecule has 0 spiro atoms. The van der Waals surface area contributed by atoms with Crippen LogP contribution in [0.1, 0.15) is 10.4 Å². The number of aliphatic carboxylic acids is 1. The lowest BCUT2D eigenvalue weighted by molar-refractivity contribution is -0.134. The van der Waals surface area contributed by atoms with E-state index in [1.54, 1.807) is 0 Å². The zero-order valence-electron chi connectivity index (χ0n) is 7.64. The predicted octanol–water partition coefficient (Wildman–Crippen LogP) is 1.30. The summed E-state index contributed by atoms with van der Waals surface area (Å²) in [6, 6.07) is 5.86. The molecule has 0 aromatic heterocycles. The Morgan fingerprint density at radius 1 is 1.13 bits per heavy atom. The molecular weight excluding hydrogens is 222 g/mol. The summed E-state index contributed by atoms with van der Waals surface area (Å²) in [5, 5.41) is 19.6. The van der Waals surface area contributed by atoms with Gasteiger partial charge in [0.1, 0.15) is 6.54 Å². The number of aromatic carboxylic acids is 1. The number of hydrogen-bond acceptors (Lipinski definition) is 3. The quantitative estimate of drug-likeness (QED) is 0.727. The van der Waals surface area contributed by atoms with Gasteiger partial charge in [0.15, 0.2) is 0 Å². The molecule has 0 radical (unpaired) electrons. The molecule has 82 valence electrons.